The summed E-state index contributed by atoms with van der Waals surface area (Å²) in [5.41, 5.74) is 2.20. The number of carboxylic acids is 1. The molecule has 1 aliphatic carbocycles. The lowest BCUT2D eigenvalue weighted by atomic mass is 9.86. The largest absolute Gasteiger partial charge is 0.481 e. The van der Waals surface area contributed by atoms with E-state index < -0.39 is 5.97 Å². The molecule has 1 saturated carbocycles. The molecular weight excluding hydrogens is 376 g/mol. The number of rotatable bonds is 5. The number of para-hydroxylation sites is 1. The van der Waals surface area contributed by atoms with E-state index in [1.807, 2.05) is 36.5 Å². The summed E-state index contributed by atoms with van der Waals surface area (Å²) in [4.78, 5) is 28.0. The molecule has 28 heavy (non-hydrogen) atoms. The molecule has 4 rings (SSSR count). The minimum absolute atomic E-state index is 0.00841. The van der Waals surface area contributed by atoms with Gasteiger partial charge in [-0.25, -0.2) is 9.67 Å². The standard InChI is InChI=1S/C20H20N4O3S/c25-18(22-15-8-6-13(7-9-15)20(26)27)17-12-28-19(23-17)14-10-21-24(11-14)16-4-2-1-3-5-16/h1-5,10-13,15H,6-9H2,(H,22,25)(H,26,27). The Labute approximate surface area is 166 Å². The van der Waals surface area contributed by atoms with Gasteiger partial charge >= 0.3 is 5.97 Å². The molecule has 1 aromatic carbocycles. The molecule has 0 saturated heterocycles. The Bertz CT molecular complexity index is 974. The Morgan fingerprint density at radius 1 is 1.14 bits per heavy atom. The summed E-state index contributed by atoms with van der Waals surface area (Å²) in [6, 6.07) is 9.80. The third-order valence-electron chi connectivity index (χ3n) is 5.00. The van der Waals surface area contributed by atoms with Gasteiger partial charge in [-0.15, -0.1) is 11.3 Å². The van der Waals surface area contributed by atoms with Crippen molar-refractivity contribution in [3.63, 3.8) is 0 Å². The van der Waals surface area contributed by atoms with Gasteiger partial charge in [-0.05, 0) is 37.8 Å². The van der Waals surface area contributed by atoms with Gasteiger partial charge in [0, 0.05) is 23.2 Å². The van der Waals surface area contributed by atoms with Crippen molar-refractivity contribution >= 4 is 23.2 Å². The number of carbonyl (C=O) groups excluding carboxylic acids is 1. The molecule has 1 fully saturated rings. The minimum atomic E-state index is -0.745. The van der Waals surface area contributed by atoms with Crippen molar-refractivity contribution in [2.24, 2.45) is 5.92 Å². The molecule has 2 N–H and O–H groups in total. The SMILES string of the molecule is O=C(NC1CCC(C(=O)O)CC1)c1csc(-c2cnn(-c3ccccc3)c2)n1. The molecule has 0 spiro atoms. The van der Waals surface area contributed by atoms with Crippen molar-refractivity contribution < 1.29 is 14.7 Å². The highest BCUT2D eigenvalue weighted by Gasteiger charge is 2.27. The molecule has 0 bridgehead atoms. The third-order valence-corrected chi connectivity index (χ3v) is 5.89. The lowest BCUT2D eigenvalue weighted by molar-refractivity contribution is -0.142. The fraction of sp³-hybridized carbons (Fsp3) is 0.300. The number of aliphatic carboxylic acids is 1. The van der Waals surface area contributed by atoms with Crippen LogP contribution in [0.2, 0.25) is 0 Å². The minimum Gasteiger partial charge on any atom is -0.481 e. The van der Waals surface area contributed by atoms with E-state index in [0.29, 0.717) is 31.4 Å². The van der Waals surface area contributed by atoms with Gasteiger partial charge in [0.25, 0.3) is 5.91 Å². The number of carbonyl (C=O) groups is 2. The number of thiazole rings is 1. The second-order valence-electron chi connectivity index (χ2n) is 6.91. The first-order valence-electron chi connectivity index (χ1n) is 9.20. The van der Waals surface area contributed by atoms with E-state index in [-0.39, 0.29) is 17.9 Å². The highest BCUT2D eigenvalue weighted by molar-refractivity contribution is 7.13. The molecular formula is C20H20N4O3S. The van der Waals surface area contributed by atoms with Crippen molar-refractivity contribution in [2.45, 2.75) is 31.7 Å². The Morgan fingerprint density at radius 3 is 2.61 bits per heavy atom. The smallest absolute Gasteiger partial charge is 0.306 e. The molecule has 0 aliphatic heterocycles. The van der Waals surface area contributed by atoms with Crippen molar-refractivity contribution in [1.29, 1.82) is 0 Å². The van der Waals surface area contributed by atoms with E-state index >= 15 is 0 Å². The van der Waals surface area contributed by atoms with Crippen molar-refractivity contribution in [3.05, 3.63) is 53.8 Å². The van der Waals surface area contributed by atoms with Crippen LogP contribution in [0.1, 0.15) is 36.2 Å². The molecule has 7 nitrogen and oxygen atoms in total. The monoisotopic (exact) mass is 396 g/mol. The predicted octanol–water partition coefficient (Wildman–Crippen LogP) is 3.37. The first kappa shape index (κ1) is 18.4. The third kappa shape index (κ3) is 3.96. The number of benzene rings is 1. The van der Waals surface area contributed by atoms with E-state index in [1.54, 1.807) is 16.3 Å². The molecule has 1 aliphatic rings. The molecule has 0 unspecified atom stereocenters. The first-order valence-corrected chi connectivity index (χ1v) is 10.1. The normalized spacial score (nSPS) is 19.3. The van der Waals surface area contributed by atoms with Crippen molar-refractivity contribution in [2.75, 3.05) is 0 Å². The molecule has 2 aromatic heterocycles. The fourth-order valence-corrected chi connectivity index (χ4v) is 4.19. The van der Waals surface area contributed by atoms with Gasteiger partial charge in [-0.3, -0.25) is 9.59 Å². The molecule has 144 valence electrons. The van der Waals surface area contributed by atoms with Gasteiger partial charge in [0.2, 0.25) is 0 Å². The van der Waals surface area contributed by atoms with Crippen LogP contribution in [0.3, 0.4) is 0 Å². The average molecular weight is 396 g/mol. The van der Waals surface area contributed by atoms with Crippen LogP contribution in [0.25, 0.3) is 16.3 Å². The van der Waals surface area contributed by atoms with E-state index in [4.69, 9.17) is 5.11 Å². The second kappa shape index (κ2) is 7.93. The zero-order chi connectivity index (χ0) is 19.5. The summed E-state index contributed by atoms with van der Waals surface area (Å²) in [6.45, 7) is 0. The number of hydrogen-bond donors (Lipinski definition) is 2. The summed E-state index contributed by atoms with van der Waals surface area (Å²) in [5, 5.41) is 18.9. The molecule has 1 amide bonds. The maximum Gasteiger partial charge on any atom is 0.306 e. The Balaban J connectivity index is 1.40. The van der Waals surface area contributed by atoms with Gasteiger partial charge in [-0.2, -0.15) is 5.10 Å². The summed E-state index contributed by atoms with van der Waals surface area (Å²) in [5.74, 6) is -1.25. The summed E-state index contributed by atoms with van der Waals surface area (Å²) >= 11 is 1.40. The molecule has 2 heterocycles. The predicted molar refractivity (Wildman–Crippen MR) is 106 cm³/mol. The van der Waals surface area contributed by atoms with E-state index in [9.17, 15) is 9.59 Å². The Kier molecular flexibility index (Phi) is 5.21. The average Bonchev–Trinajstić information content (AvgIpc) is 3.39. The maximum atomic E-state index is 12.5. The van der Waals surface area contributed by atoms with E-state index in [2.05, 4.69) is 15.4 Å². The summed E-state index contributed by atoms with van der Waals surface area (Å²) < 4.78 is 1.78. The topological polar surface area (TPSA) is 97.1 Å². The van der Waals surface area contributed by atoms with E-state index in [1.165, 1.54) is 11.3 Å². The fourth-order valence-electron chi connectivity index (χ4n) is 3.41. The number of nitrogens with one attached hydrogen (secondary N) is 1. The number of nitrogens with zero attached hydrogens (tertiary/aromatic N) is 3. The van der Waals surface area contributed by atoms with Crippen LogP contribution in [0, 0.1) is 5.92 Å². The number of hydrogen-bond acceptors (Lipinski definition) is 5. The van der Waals surface area contributed by atoms with Gasteiger partial charge in [-0.1, -0.05) is 18.2 Å². The highest BCUT2D eigenvalue weighted by Crippen LogP contribution is 2.26. The van der Waals surface area contributed by atoms with E-state index in [0.717, 1.165) is 16.3 Å². The van der Waals surface area contributed by atoms with Crippen LogP contribution < -0.4 is 5.32 Å². The van der Waals surface area contributed by atoms with Crippen molar-refractivity contribution in [3.8, 4) is 16.3 Å². The number of aromatic nitrogens is 3. The van der Waals surface area contributed by atoms with Crippen LogP contribution >= 0.6 is 11.3 Å². The van der Waals surface area contributed by atoms with Crippen LogP contribution in [0.4, 0.5) is 0 Å². The van der Waals surface area contributed by atoms with Gasteiger partial charge in [0.1, 0.15) is 10.7 Å². The lowest BCUT2D eigenvalue weighted by Crippen LogP contribution is -2.38. The van der Waals surface area contributed by atoms with Crippen molar-refractivity contribution in [1.82, 2.24) is 20.1 Å². The quantitative estimate of drug-likeness (QED) is 0.689. The van der Waals surface area contributed by atoms with Gasteiger partial charge in [0.05, 0.1) is 17.8 Å². The van der Waals surface area contributed by atoms with Crippen LogP contribution in [0.15, 0.2) is 48.1 Å². The van der Waals surface area contributed by atoms with Gasteiger partial charge in [0.15, 0.2) is 0 Å². The molecule has 3 aromatic rings. The molecule has 0 atom stereocenters. The highest BCUT2D eigenvalue weighted by atomic mass is 32.1. The molecule has 0 radical (unpaired) electrons. The Hall–Kier alpha value is -3.00. The maximum absolute atomic E-state index is 12.5. The number of carboxylic acid groups (broad SMARTS) is 1. The van der Waals surface area contributed by atoms with Gasteiger partial charge < -0.3 is 10.4 Å². The lowest BCUT2D eigenvalue weighted by Gasteiger charge is -2.26. The second-order valence-corrected chi connectivity index (χ2v) is 7.77. The zero-order valence-corrected chi connectivity index (χ0v) is 15.9. The van der Waals surface area contributed by atoms with Crippen LogP contribution in [0.5, 0.6) is 0 Å². The Morgan fingerprint density at radius 2 is 1.89 bits per heavy atom. The van der Waals surface area contributed by atoms with Crippen LogP contribution in [-0.2, 0) is 4.79 Å². The zero-order valence-electron chi connectivity index (χ0n) is 15.1. The summed E-state index contributed by atoms with van der Waals surface area (Å²) in [6.07, 6.45) is 6.19. The summed E-state index contributed by atoms with van der Waals surface area (Å²) in [7, 11) is 0. The molecule has 8 heteroatoms. The first-order chi connectivity index (χ1) is 13.6. The van der Waals surface area contributed by atoms with Crippen LogP contribution in [-0.4, -0.2) is 37.8 Å². The number of amides is 1.